The summed E-state index contributed by atoms with van der Waals surface area (Å²) in [6.07, 6.45) is 1.95. The second-order valence-corrected chi connectivity index (χ2v) is 4.43. The maximum atomic E-state index is 13.0. The average Bonchev–Trinajstić information content (AvgIpc) is 2.15. The first-order valence-electron chi connectivity index (χ1n) is 5.39. The smallest absolute Gasteiger partial charge is 0.126 e. The maximum Gasteiger partial charge on any atom is 0.126 e. The van der Waals surface area contributed by atoms with Crippen LogP contribution in [-0.4, -0.2) is 18.8 Å². The van der Waals surface area contributed by atoms with Crippen LogP contribution in [0.5, 0.6) is 0 Å². The Labute approximate surface area is 93.4 Å². The Hall–Kier alpha value is -1.00. The highest BCUT2D eigenvalue weighted by molar-refractivity contribution is 5.20. The zero-order chi connectivity index (χ0) is 11.6. The Morgan fingerprint density at radius 1 is 1.12 bits per heavy atom. The van der Waals surface area contributed by atoms with E-state index in [1.165, 1.54) is 12.1 Å². The largest absolute Gasteiger partial charge is 0.381 e. The van der Waals surface area contributed by atoms with Gasteiger partial charge in [0.2, 0.25) is 0 Å². The Kier molecular flexibility index (Phi) is 3.21. The third-order valence-corrected chi connectivity index (χ3v) is 2.97. The van der Waals surface area contributed by atoms with Gasteiger partial charge in [-0.15, -0.1) is 0 Å². The number of halogens is 2. The van der Waals surface area contributed by atoms with E-state index in [0.29, 0.717) is 25.2 Å². The standard InChI is InChI=1S/C12H15F2NO/c13-10-5-9(6-11(14)7-10)8-12(15)1-3-16-4-2-12/h5-7H,1-4,8,15H2. The van der Waals surface area contributed by atoms with E-state index in [2.05, 4.69) is 0 Å². The van der Waals surface area contributed by atoms with Crippen molar-refractivity contribution in [1.29, 1.82) is 0 Å². The van der Waals surface area contributed by atoms with Crippen LogP contribution in [-0.2, 0) is 11.2 Å². The molecule has 88 valence electrons. The van der Waals surface area contributed by atoms with Crippen molar-refractivity contribution >= 4 is 0 Å². The zero-order valence-corrected chi connectivity index (χ0v) is 9.01. The second kappa shape index (κ2) is 4.47. The normalized spacial score (nSPS) is 19.7. The first-order chi connectivity index (χ1) is 7.57. The summed E-state index contributed by atoms with van der Waals surface area (Å²) >= 11 is 0. The minimum Gasteiger partial charge on any atom is -0.381 e. The van der Waals surface area contributed by atoms with Gasteiger partial charge in [-0.05, 0) is 37.0 Å². The number of hydrogen-bond donors (Lipinski definition) is 1. The summed E-state index contributed by atoms with van der Waals surface area (Å²) in [5.74, 6) is -1.10. The summed E-state index contributed by atoms with van der Waals surface area (Å²) in [6.45, 7) is 1.24. The molecule has 0 saturated carbocycles. The molecule has 1 heterocycles. The van der Waals surface area contributed by atoms with Crippen molar-refractivity contribution < 1.29 is 13.5 Å². The molecular formula is C12H15F2NO. The van der Waals surface area contributed by atoms with Gasteiger partial charge >= 0.3 is 0 Å². The van der Waals surface area contributed by atoms with E-state index in [9.17, 15) is 8.78 Å². The fourth-order valence-corrected chi connectivity index (χ4v) is 2.07. The van der Waals surface area contributed by atoms with E-state index in [4.69, 9.17) is 10.5 Å². The summed E-state index contributed by atoms with van der Waals surface area (Å²) in [7, 11) is 0. The third-order valence-electron chi connectivity index (χ3n) is 2.97. The van der Waals surface area contributed by atoms with E-state index in [-0.39, 0.29) is 0 Å². The summed E-state index contributed by atoms with van der Waals surface area (Å²) in [5, 5.41) is 0. The molecule has 0 unspecified atom stereocenters. The van der Waals surface area contributed by atoms with Crippen LogP contribution in [0.4, 0.5) is 8.78 Å². The lowest BCUT2D eigenvalue weighted by molar-refractivity contribution is 0.0533. The number of benzene rings is 1. The molecule has 1 aliphatic heterocycles. The predicted octanol–water partition coefficient (Wildman–Crippen LogP) is 2.02. The third kappa shape index (κ3) is 2.77. The van der Waals surface area contributed by atoms with Crippen molar-refractivity contribution in [2.45, 2.75) is 24.8 Å². The number of nitrogens with two attached hydrogens (primary N) is 1. The molecular weight excluding hydrogens is 212 g/mol. The molecule has 2 nitrogen and oxygen atoms in total. The highest BCUT2D eigenvalue weighted by Crippen LogP contribution is 2.23. The van der Waals surface area contributed by atoms with E-state index in [1.54, 1.807) is 0 Å². The van der Waals surface area contributed by atoms with Crippen LogP contribution in [0, 0.1) is 11.6 Å². The average molecular weight is 227 g/mol. The first-order valence-corrected chi connectivity index (χ1v) is 5.39. The number of hydrogen-bond acceptors (Lipinski definition) is 2. The van der Waals surface area contributed by atoms with E-state index in [1.807, 2.05) is 0 Å². The molecule has 2 rings (SSSR count). The molecule has 1 aromatic carbocycles. The fraction of sp³-hybridized carbons (Fsp3) is 0.500. The summed E-state index contributed by atoms with van der Waals surface area (Å²) in [5.41, 5.74) is 6.39. The molecule has 0 bridgehead atoms. The molecule has 2 N–H and O–H groups in total. The van der Waals surface area contributed by atoms with Crippen molar-refractivity contribution in [1.82, 2.24) is 0 Å². The fourth-order valence-electron chi connectivity index (χ4n) is 2.07. The minimum atomic E-state index is -0.550. The van der Waals surface area contributed by atoms with Crippen LogP contribution < -0.4 is 5.73 Å². The van der Waals surface area contributed by atoms with Gasteiger partial charge in [0, 0.05) is 24.8 Å². The molecule has 0 aromatic heterocycles. The van der Waals surface area contributed by atoms with Gasteiger partial charge in [-0.1, -0.05) is 0 Å². The monoisotopic (exact) mass is 227 g/mol. The Balaban J connectivity index is 2.13. The Bertz CT molecular complexity index is 355. The van der Waals surface area contributed by atoms with E-state index in [0.717, 1.165) is 18.9 Å². The first kappa shape index (κ1) is 11.5. The summed E-state index contributed by atoms with van der Waals surface area (Å²) in [6, 6.07) is 3.55. The second-order valence-electron chi connectivity index (χ2n) is 4.43. The van der Waals surface area contributed by atoms with Crippen molar-refractivity contribution in [2.24, 2.45) is 5.73 Å². The Morgan fingerprint density at radius 3 is 2.25 bits per heavy atom. The summed E-state index contributed by atoms with van der Waals surface area (Å²) < 4.78 is 31.2. The van der Waals surface area contributed by atoms with Crippen LogP contribution in [0.15, 0.2) is 18.2 Å². The van der Waals surface area contributed by atoms with Crippen LogP contribution >= 0.6 is 0 Å². The molecule has 0 aliphatic carbocycles. The lowest BCUT2D eigenvalue weighted by atomic mass is 9.85. The van der Waals surface area contributed by atoms with Gasteiger partial charge in [-0.25, -0.2) is 8.78 Å². The van der Waals surface area contributed by atoms with Gasteiger partial charge in [-0.3, -0.25) is 0 Å². The van der Waals surface area contributed by atoms with E-state index < -0.39 is 17.2 Å². The molecule has 16 heavy (non-hydrogen) atoms. The number of ether oxygens (including phenoxy) is 1. The minimum absolute atomic E-state index is 0.390. The predicted molar refractivity (Wildman–Crippen MR) is 57.0 cm³/mol. The van der Waals surface area contributed by atoms with Gasteiger partial charge in [-0.2, -0.15) is 0 Å². The molecule has 0 radical (unpaired) electrons. The molecule has 0 amide bonds. The summed E-state index contributed by atoms with van der Waals surface area (Å²) in [4.78, 5) is 0. The van der Waals surface area contributed by atoms with Gasteiger partial charge in [0.15, 0.2) is 0 Å². The van der Waals surface area contributed by atoms with Crippen LogP contribution in [0.2, 0.25) is 0 Å². The van der Waals surface area contributed by atoms with Crippen molar-refractivity contribution in [2.75, 3.05) is 13.2 Å². The van der Waals surface area contributed by atoms with Crippen LogP contribution in [0.3, 0.4) is 0 Å². The molecule has 1 aromatic rings. The molecule has 0 spiro atoms. The molecule has 1 fully saturated rings. The number of rotatable bonds is 2. The van der Waals surface area contributed by atoms with Gasteiger partial charge in [0.05, 0.1) is 0 Å². The molecule has 0 atom stereocenters. The highest BCUT2D eigenvalue weighted by Gasteiger charge is 2.28. The van der Waals surface area contributed by atoms with Gasteiger partial charge in [0.25, 0.3) is 0 Å². The maximum absolute atomic E-state index is 13.0. The van der Waals surface area contributed by atoms with Crippen molar-refractivity contribution in [3.05, 3.63) is 35.4 Å². The Morgan fingerprint density at radius 2 is 1.69 bits per heavy atom. The van der Waals surface area contributed by atoms with Crippen LogP contribution in [0.25, 0.3) is 0 Å². The lowest BCUT2D eigenvalue weighted by Gasteiger charge is -2.33. The lowest BCUT2D eigenvalue weighted by Crippen LogP contribution is -2.46. The van der Waals surface area contributed by atoms with Crippen LogP contribution in [0.1, 0.15) is 18.4 Å². The van der Waals surface area contributed by atoms with E-state index >= 15 is 0 Å². The van der Waals surface area contributed by atoms with Crippen molar-refractivity contribution in [3.63, 3.8) is 0 Å². The van der Waals surface area contributed by atoms with Gasteiger partial charge < -0.3 is 10.5 Å². The highest BCUT2D eigenvalue weighted by atomic mass is 19.1. The van der Waals surface area contributed by atoms with Crippen molar-refractivity contribution in [3.8, 4) is 0 Å². The van der Waals surface area contributed by atoms with Gasteiger partial charge in [0.1, 0.15) is 11.6 Å². The molecule has 1 saturated heterocycles. The zero-order valence-electron chi connectivity index (χ0n) is 9.01. The topological polar surface area (TPSA) is 35.2 Å². The molecule has 4 heteroatoms. The molecule has 1 aliphatic rings. The SMILES string of the molecule is NC1(Cc2cc(F)cc(F)c2)CCOCC1. The quantitative estimate of drug-likeness (QED) is 0.838.